The molecule has 24 heavy (non-hydrogen) atoms. The molecular weight excluding hydrogens is 303 g/mol. The minimum atomic E-state index is -0.331. The third kappa shape index (κ3) is 4.79. The summed E-state index contributed by atoms with van der Waals surface area (Å²) >= 11 is 0. The molecule has 0 aromatic heterocycles. The Morgan fingerprint density at radius 3 is 2.54 bits per heavy atom. The number of nitrogens with zero attached hydrogens (tertiary/aromatic N) is 2. The van der Waals surface area contributed by atoms with Gasteiger partial charge in [0.2, 0.25) is 5.91 Å². The van der Waals surface area contributed by atoms with Gasteiger partial charge in [0.15, 0.2) is 0 Å². The minimum absolute atomic E-state index is 0.0188. The fourth-order valence-electron chi connectivity index (χ4n) is 2.27. The fraction of sp³-hybridized carbons (Fsp3) is 0.200. The fourth-order valence-corrected chi connectivity index (χ4v) is 2.27. The molecule has 4 heteroatoms. The van der Waals surface area contributed by atoms with Gasteiger partial charge in [-0.15, -0.1) is 0 Å². The van der Waals surface area contributed by atoms with Crippen molar-refractivity contribution < 1.29 is 9.18 Å². The Balaban J connectivity index is 2.11. The van der Waals surface area contributed by atoms with Gasteiger partial charge in [0.05, 0.1) is 11.6 Å². The molecule has 3 nitrogen and oxygen atoms in total. The predicted octanol–water partition coefficient (Wildman–Crippen LogP) is 4.15. The van der Waals surface area contributed by atoms with Crippen LogP contribution in [0.25, 0.3) is 6.08 Å². The molecule has 2 aromatic rings. The normalized spacial score (nSPS) is 10.8. The lowest BCUT2D eigenvalue weighted by molar-refractivity contribution is -0.128. The quantitative estimate of drug-likeness (QED) is 0.776. The summed E-state index contributed by atoms with van der Waals surface area (Å²) in [5, 5.41) is 8.83. The SMILES string of the molecule is CC(C)N(Cc1ccc(C#N)cc1)C(=O)/C=C/c1cccc(F)c1. The second kappa shape index (κ2) is 8.07. The molecule has 0 aliphatic heterocycles. The second-order valence-electron chi connectivity index (χ2n) is 5.76. The standard InChI is InChI=1S/C20H19FN2O/c1-15(2)23(14-18-8-6-17(13-22)7-9-18)20(24)11-10-16-4-3-5-19(21)12-16/h3-12,15H,14H2,1-2H3/b11-10+. The number of benzene rings is 2. The summed E-state index contributed by atoms with van der Waals surface area (Å²) in [6, 6.07) is 15.4. The average Bonchev–Trinajstić information content (AvgIpc) is 2.58. The van der Waals surface area contributed by atoms with Crippen LogP contribution in [-0.2, 0) is 11.3 Å². The molecule has 0 N–H and O–H groups in total. The molecule has 0 saturated carbocycles. The van der Waals surface area contributed by atoms with Crippen LogP contribution in [-0.4, -0.2) is 16.8 Å². The smallest absolute Gasteiger partial charge is 0.247 e. The zero-order valence-corrected chi connectivity index (χ0v) is 13.7. The van der Waals surface area contributed by atoms with Crippen LogP contribution in [0.1, 0.15) is 30.5 Å². The number of carbonyl (C=O) groups excluding carboxylic acids is 1. The summed E-state index contributed by atoms with van der Waals surface area (Å²) in [5.41, 5.74) is 2.19. The van der Waals surface area contributed by atoms with Gasteiger partial charge in [0, 0.05) is 18.7 Å². The van der Waals surface area contributed by atoms with Crippen LogP contribution >= 0.6 is 0 Å². The highest BCUT2D eigenvalue weighted by atomic mass is 19.1. The molecule has 0 atom stereocenters. The van der Waals surface area contributed by atoms with E-state index in [0.717, 1.165) is 5.56 Å². The maximum atomic E-state index is 13.2. The number of hydrogen-bond acceptors (Lipinski definition) is 2. The van der Waals surface area contributed by atoms with E-state index in [1.807, 2.05) is 26.0 Å². The maximum absolute atomic E-state index is 13.2. The first kappa shape index (κ1) is 17.4. The van der Waals surface area contributed by atoms with Crippen molar-refractivity contribution in [3.8, 4) is 6.07 Å². The van der Waals surface area contributed by atoms with Crippen LogP contribution in [0, 0.1) is 17.1 Å². The lowest BCUT2D eigenvalue weighted by Gasteiger charge is -2.25. The van der Waals surface area contributed by atoms with E-state index >= 15 is 0 Å². The number of rotatable bonds is 5. The van der Waals surface area contributed by atoms with Crippen LogP contribution in [0.5, 0.6) is 0 Å². The average molecular weight is 322 g/mol. The summed E-state index contributed by atoms with van der Waals surface area (Å²) in [4.78, 5) is 14.2. The zero-order chi connectivity index (χ0) is 17.5. The lowest BCUT2D eigenvalue weighted by Crippen LogP contribution is -2.35. The van der Waals surface area contributed by atoms with Gasteiger partial charge in [-0.2, -0.15) is 5.26 Å². The van der Waals surface area contributed by atoms with E-state index in [4.69, 9.17) is 5.26 Å². The number of nitriles is 1. The summed E-state index contributed by atoms with van der Waals surface area (Å²) < 4.78 is 13.2. The van der Waals surface area contributed by atoms with Gasteiger partial charge in [0.1, 0.15) is 5.82 Å². The molecule has 0 saturated heterocycles. The Labute approximate surface area is 141 Å². The van der Waals surface area contributed by atoms with Gasteiger partial charge >= 0.3 is 0 Å². The number of halogens is 1. The Bertz CT molecular complexity index is 773. The summed E-state index contributed by atoms with van der Waals surface area (Å²) in [6.45, 7) is 4.34. The molecule has 0 aliphatic carbocycles. The highest BCUT2D eigenvalue weighted by Gasteiger charge is 2.15. The monoisotopic (exact) mass is 322 g/mol. The van der Waals surface area contributed by atoms with Gasteiger partial charge in [0.25, 0.3) is 0 Å². The third-order valence-corrected chi connectivity index (χ3v) is 3.61. The van der Waals surface area contributed by atoms with Crippen LogP contribution in [0.2, 0.25) is 0 Å². The molecule has 1 amide bonds. The molecule has 0 bridgehead atoms. The lowest BCUT2D eigenvalue weighted by atomic mass is 10.1. The van der Waals surface area contributed by atoms with Crippen molar-refractivity contribution in [2.45, 2.75) is 26.4 Å². The molecule has 0 spiro atoms. The molecule has 0 fully saturated rings. The van der Waals surface area contributed by atoms with E-state index < -0.39 is 0 Å². The molecule has 2 rings (SSSR count). The largest absolute Gasteiger partial charge is 0.332 e. The van der Waals surface area contributed by atoms with Crippen molar-refractivity contribution in [3.63, 3.8) is 0 Å². The summed E-state index contributed by atoms with van der Waals surface area (Å²) in [6.07, 6.45) is 3.07. The van der Waals surface area contributed by atoms with Crippen LogP contribution in [0.3, 0.4) is 0 Å². The van der Waals surface area contributed by atoms with E-state index in [9.17, 15) is 9.18 Å². The molecule has 0 radical (unpaired) electrons. The molecule has 0 aliphatic rings. The van der Waals surface area contributed by atoms with Crippen molar-refractivity contribution in [1.82, 2.24) is 4.90 Å². The molecule has 0 unspecified atom stereocenters. The van der Waals surface area contributed by atoms with Gasteiger partial charge in [-0.05, 0) is 55.3 Å². The first-order valence-corrected chi connectivity index (χ1v) is 7.73. The van der Waals surface area contributed by atoms with Gasteiger partial charge in [-0.3, -0.25) is 4.79 Å². The molecule has 0 heterocycles. The minimum Gasteiger partial charge on any atom is -0.332 e. The second-order valence-corrected chi connectivity index (χ2v) is 5.76. The van der Waals surface area contributed by atoms with Crippen LogP contribution in [0.15, 0.2) is 54.6 Å². The Morgan fingerprint density at radius 1 is 1.25 bits per heavy atom. The van der Waals surface area contributed by atoms with E-state index in [0.29, 0.717) is 17.7 Å². The Morgan fingerprint density at radius 2 is 1.96 bits per heavy atom. The van der Waals surface area contributed by atoms with Gasteiger partial charge in [-0.1, -0.05) is 24.3 Å². The zero-order valence-electron chi connectivity index (χ0n) is 13.7. The topological polar surface area (TPSA) is 44.1 Å². The first-order chi connectivity index (χ1) is 11.5. The van der Waals surface area contributed by atoms with Crippen molar-refractivity contribution in [2.24, 2.45) is 0 Å². The highest BCUT2D eigenvalue weighted by Crippen LogP contribution is 2.12. The first-order valence-electron chi connectivity index (χ1n) is 7.73. The van der Waals surface area contributed by atoms with E-state index in [2.05, 4.69) is 6.07 Å². The molecule has 122 valence electrons. The van der Waals surface area contributed by atoms with Crippen molar-refractivity contribution in [2.75, 3.05) is 0 Å². The van der Waals surface area contributed by atoms with E-state index in [1.54, 1.807) is 35.2 Å². The third-order valence-electron chi connectivity index (χ3n) is 3.61. The van der Waals surface area contributed by atoms with E-state index in [-0.39, 0.29) is 17.8 Å². The predicted molar refractivity (Wildman–Crippen MR) is 92.3 cm³/mol. The maximum Gasteiger partial charge on any atom is 0.247 e. The van der Waals surface area contributed by atoms with Crippen LogP contribution in [0.4, 0.5) is 4.39 Å². The molecule has 2 aromatic carbocycles. The Hall–Kier alpha value is -2.93. The van der Waals surface area contributed by atoms with Crippen molar-refractivity contribution in [3.05, 3.63) is 77.1 Å². The number of carbonyl (C=O) groups is 1. The molecular formula is C20H19FN2O. The number of amides is 1. The van der Waals surface area contributed by atoms with Crippen molar-refractivity contribution >= 4 is 12.0 Å². The highest BCUT2D eigenvalue weighted by molar-refractivity contribution is 5.91. The van der Waals surface area contributed by atoms with Gasteiger partial charge in [-0.25, -0.2) is 4.39 Å². The number of hydrogen-bond donors (Lipinski definition) is 0. The van der Waals surface area contributed by atoms with E-state index in [1.165, 1.54) is 18.2 Å². The van der Waals surface area contributed by atoms with Crippen molar-refractivity contribution in [1.29, 1.82) is 5.26 Å². The van der Waals surface area contributed by atoms with Crippen LogP contribution < -0.4 is 0 Å². The summed E-state index contributed by atoms with van der Waals surface area (Å²) in [5.74, 6) is -0.471. The summed E-state index contributed by atoms with van der Waals surface area (Å²) in [7, 11) is 0. The van der Waals surface area contributed by atoms with Gasteiger partial charge < -0.3 is 4.90 Å². The Kier molecular flexibility index (Phi) is 5.86.